The van der Waals surface area contributed by atoms with Gasteiger partial charge in [0.05, 0.1) is 19.8 Å². The van der Waals surface area contributed by atoms with E-state index in [0.29, 0.717) is 34.6 Å². The first kappa shape index (κ1) is 43.3. The first-order chi connectivity index (χ1) is 24.2. The Morgan fingerprint density at radius 2 is 1.25 bits per heavy atom. The summed E-state index contributed by atoms with van der Waals surface area (Å²) >= 11 is 0. The number of carboxylic acid groups (broad SMARTS) is 1. The third-order valence-corrected chi connectivity index (χ3v) is 8.32. The SMILES string of the molecule is COc1n[nH]c(-c2cc(C(=O)O)c(C)cc2C2CCC2)n1.COc1n[nH]c(-c2cc(C(N)=O)c(C)cc2C2CCC2)n1.O=CC(F)(F)F.O=N[O-].[Na+]. The number of aromatic carboxylic acids is 1. The second kappa shape index (κ2) is 19.7. The Morgan fingerprint density at radius 3 is 1.52 bits per heavy atom. The summed E-state index contributed by atoms with van der Waals surface area (Å²) in [5.74, 6) is 0.780. The van der Waals surface area contributed by atoms with E-state index in [1.807, 2.05) is 32.0 Å². The van der Waals surface area contributed by atoms with E-state index in [2.05, 4.69) is 30.4 Å². The summed E-state index contributed by atoms with van der Waals surface area (Å²) in [6, 6.07) is 8.05. The van der Waals surface area contributed by atoms with Crippen molar-refractivity contribution in [2.24, 2.45) is 11.1 Å². The normalized spacial score (nSPS) is 13.4. The predicted molar refractivity (Wildman–Crippen MR) is 176 cm³/mol. The number of methoxy groups -OCH3 is 2. The number of ether oxygens (including phenoxy) is 2. The number of hydrogen-bond donors (Lipinski definition) is 4. The fourth-order valence-electron chi connectivity index (χ4n) is 5.40. The largest absolute Gasteiger partial charge is 1.00 e. The summed E-state index contributed by atoms with van der Waals surface area (Å²) in [7, 11) is 3.02. The van der Waals surface area contributed by atoms with Gasteiger partial charge in [0.25, 0.3) is 0 Å². The number of aldehydes is 1. The van der Waals surface area contributed by atoms with Crippen LogP contribution in [0.15, 0.2) is 29.6 Å². The van der Waals surface area contributed by atoms with Gasteiger partial charge in [-0.1, -0.05) is 25.0 Å². The molecule has 2 fully saturated rings. The van der Waals surface area contributed by atoms with E-state index in [9.17, 15) is 27.9 Å². The van der Waals surface area contributed by atoms with Crippen LogP contribution in [-0.4, -0.2) is 74.0 Å². The molecule has 2 saturated carbocycles. The molecule has 2 aliphatic rings. The maximum atomic E-state index is 11.6. The van der Waals surface area contributed by atoms with Gasteiger partial charge < -0.3 is 30.4 Å². The zero-order valence-electron chi connectivity index (χ0n) is 29.0. The molecule has 0 saturated heterocycles. The molecule has 4 aromatic rings. The third kappa shape index (κ3) is 11.3. The van der Waals surface area contributed by atoms with Gasteiger partial charge in [-0.05, 0) is 85.8 Å². The molecule has 0 unspecified atom stereocenters. The number of aromatic amines is 2. The fourth-order valence-corrected chi connectivity index (χ4v) is 5.40. The van der Waals surface area contributed by atoms with E-state index in [1.54, 1.807) is 6.07 Å². The van der Waals surface area contributed by atoms with Crippen molar-refractivity contribution in [3.63, 3.8) is 0 Å². The number of carboxylic acids is 1. The zero-order chi connectivity index (χ0) is 37.9. The number of nitrogens with one attached hydrogen (secondary N) is 2. The molecule has 0 bridgehead atoms. The minimum Gasteiger partial charge on any atom is -0.478 e. The number of benzene rings is 2. The van der Waals surface area contributed by atoms with Crippen LogP contribution in [0.5, 0.6) is 12.0 Å². The molecule has 0 atom stereocenters. The van der Waals surface area contributed by atoms with Crippen molar-refractivity contribution in [2.75, 3.05) is 14.2 Å². The van der Waals surface area contributed by atoms with E-state index in [-0.39, 0.29) is 41.6 Å². The van der Waals surface area contributed by atoms with Crippen LogP contribution in [0, 0.1) is 24.0 Å². The summed E-state index contributed by atoms with van der Waals surface area (Å²) in [6.07, 6.45) is 1.33. The molecule has 52 heavy (non-hydrogen) atoms. The summed E-state index contributed by atoms with van der Waals surface area (Å²) in [5.41, 5.74) is 12.0. The molecule has 2 aromatic heterocycles. The zero-order valence-corrected chi connectivity index (χ0v) is 31.0. The van der Waals surface area contributed by atoms with Gasteiger partial charge in [0.1, 0.15) is 0 Å². The Balaban J connectivity index is 0.000000289. The molecule has 0 spiro atoms. The van der Waals surface area contributed by atoms with Gasteiger partial charge >= 0.3 is 53.7 Å². The number of primary amides is 1. The van der Waals surface area contributed by atoms with E-state index in [0.717, 1.165) is 58.8 Å². The number of H-pyrrole nitrogens is 2. The number of nitrogens with zero attached hydrogens (tertiary/aromatic N) is 5. The number of nitrogens with two attached hydrogens (primary N) is 1. The molecular weight excluding hydrogens is 704 g/mol. The minimum atomic E-state index is -4.64. The van der Waals surface area contributed by atoms with E-state index < -0.39 is 24.3 Å². The Kier molecular flexibility index (Phi) is 16.4. The Bertz CT molecular complexity index is 1720. The molecule has 2 aromatic carbocycles. The van der Waals surface area contributed by atoms with Gasteiger partial charge in [0.2, 0.25) is 12.2 Å². The molecule has 20 heteroatoms. The molecule has 1 amide bonds. The van der Waals surface area contributed by atoms with Crippen molar-refractivity contribution < 1.29 is 71.7 Å². The van der Waals surface area contributed by atoms with E-state index in [1.165, 1.54) is 32.6 Å². The van der Waals surface area contributed by atoms with Crippen LogP contribution in [0.25, 0.3) is 22.8 Å². The van der Waals surface area contributed by atoms with Crippen LogP contribution in [0.1, 0.15) is 93.3 Å². The summed E-state index contributed by atoms with van der Waals surface area (Å²) < 4.78 is 41.3. The smallest absolute Gasteiger partial charge is 0.478 e. The van der Waals surface area contributed by atoms with Gasteiger partial charge in [0, 0.05) is 16.7 Å². The Morgan fingerprint density at radius 1 is 0.885 bits per heavy atom. The molecule has 2 aliphatic carbocycles. The molecular formula is C32H36F3N8NaO8. The molecule has 6 rings (SSSR count). The molecule has 5 N–H and O–H groups in total. The summed E-state index contributed by atoms with van der Waals surface area (Å²) in [4.78, 5) is 48.2. The first-order valence-corrected chi connectivity index (χ1v) is 15.4. The molecule has 274 valence electrons. The number of hydrogen-bond acceptors (Lipinski definition) is 12. The third-order valence-electron chi connectivity index (χ3n) is 8.32. The van der Waals surface area contributed by atoms with Gasteiger partial charge in [-0.3, -0.25) is 19.8 Å². The molecule has 16 nitrogen and oxygen atoms in total. The predicted octanol–water partition coefficient (Wildman–Crippen LogP) is 2.91. The molecule has 2 heterocycles. The quantitative estimate of drug-likeness (QED) is 0.0881. The Hall–Kier alpha value is -4.88. The number of carbonyl (C=O) groups is 3. The number of rotatable bonds is 8. The second-order valence-corrected chi connectivity index (χ2v) is 11.5. The Labute approximate surface area is 317 Å². The summed E-state index contributed by atoms with van der Waals surface area (Å²) in [5, 5.41) is 31.9. The number of aryl methyl sites for hydroxylation is 2. The summed E-state index contributed by atoms with van der Waals surface area (Å²) in [6.45, 7) is 3.74. The topological polar surface area (TPSA) is 252 Å². The van der Waals surface area contributed by atoms with Gasteiger partial charge in [-0.2, -0.15) is 23.1 Å². The maximum absolute atomic E-state index is 11.6. The van der Waals surface area contributed by atoms with E-state index >= 15 is 0 Å². The van der Waals surface area contributed by atoms with Gasteiger partial charge in [0.15, 0.2) is 11.6 Å². The molecule has 0 radical (unpaired) electrons. The standard InChI is InChI=1S/C15H18N4O2.C15H17N3O3.C2HF3O.HNO2.Na/c1-8-6-11(9-4-3-5-9)12(7-10(8)13(16)20)14-17-15(21-2)19-18-14;1-8-6-11(9-4-3-5-9)12(7-10(8)14(19)20)13-16-15(21-2)18-17-13;3-2(4,5)1-6;2-1-3;/h6-7,9H,3-5H2,1-2H3,(H2,16,20)(H,17,18,19);6-7,9H,3-5H2,1-2H3,(H,19,20)(H,16,17,18);1H;(H,2,3);/q;;;;+1/p-1. The van der Waals surface area contributed by atoms with Crippen molar-refractivity contribution >= 4 is 18.2 Å². The number of carbonyl (C=O) groups excluding carboxylic acids is 2. The average Bonchev–Trinajstić information content (AvgIpc) is 3.70. The van der Waals surface area contributed by atoms with Gasteiger partial charge in [-0.25, -0.2) is 4.79 Å². The second-order valence-electron chi connectivity index (χ2n) is 11.5. The monoisotopic (exact) mass is 740 g/mol. The fraction of sp³-hybridized carbons (Fsp3) is 0.406. The number of halogens is 3. The molecule has 0 aliphatic heterocycles. The van der Waals surface area contributed by atoms with Crippen molar-refractivity contribution in [1.29, 1.82) is 0 Å². The van der Waals surface area contributed by atoms with E-state index in [4.69, 9.17) is 30.1 Å². The van der Waals surface area contributed by atoms with Gasteiger partial charge in [-0.15, -0.1) is 15.5 Å². The van der Waals surface area contributed by atoms with Crippen LogP contribution >= 0.6 is 0 Å². The van der Waals surface area contributed by atoms with Crippen molar-refractivity contribution in [3.05, 3.63) is 67.8 Å². The number of amides is 1. The van der Waals surface area contributed by atoms with Crippen molar-refractivity contribution in [2.45, 2.75) is 70.4 Å². The average molecular weight is 741 g/mol. The number of aromatic nitrogens is 6. The van der Waals surface area contributed by atoms with Crippen molar-refractivity contribution in [1.82, 2.24) is 30.4 Å². The first-order valence-electron chi connectivity index (χ1n) is 15.4. The van der Waals surface area contributed by atoms with Crippen molar-refractivity contribution in [3.8, 4) is 34.8 Å². The minimum absolute atomic E-state index is 0. The van der Waals surface area contributed by atoms with Crippen LogP contribution in [0.3, 0.4) is 0 Å². The van der Waals surface area contributed by atoms with Crippen LogP contribution in [0.2, 0.25) is 0 Å². The van der Waals surface area contributed by atoms with Crippen LogP contribution in [0.4, 0.5) is 13.2 Å². The maximum Gasteiger partial charge on any atom is 1.00 e. The van der Waals surface area contributed by atoms with Crippen LogP contribution in [-0.2, 0) is 4.79 Å². The number of alkyl halides is 3. The van der Waals surface area contributed by atoms with Crippen LogP contribution < -0.4 is 44.8 Å².